The SMILES string of the molecule is CCOC(=O)c1[nH]cc2c1C1C=CC2CC1(C)C. The second-order valence-corrected chi connectivity index (χ2v) is 5.91. The van der Waals surface area contributed by atoms with E-state index in [9.17, 15) is 4.79 Å². The molecule has 2 bridgehead atoms. The third-order valence-electron chi connectivity index (χ3n) is 4.27. The van der Waals surface area contributed by atoms with Crippen molar-refractivity contribution in [3.63, 3.8) is 0 Å². The molecule has 1 heterocycles. The number of H-pyrrole nitrogens is 1. The zero-order valence-electron chi connectivity index (χ0n) is 11.1. The Morgan fingerprint density at radius 1 is 1.50 bits per heavy atom. The molecule has 0 aromatic carbocycles. The Bertz CT molecular complexity index is 525. The molecule has 3 aliphatic carbocycles. The van der Waals surface area contributed by atoms with Crippen molar-refractivity contribution in [3.05, 3.63) is 35.2 Å². The zero-order valence-corrected chi connectivity index (χ0v) is 11.1. The number of carbonyl (C=O) groups is 1. The summed E-state index contributed by atoms with van der Waals surface area (Å²) in [4.78, 5) is 15.1. The fourth-order valence-electron chi connectivity index (χ4n) is 3.43. The molecular formula is C15H19NO2. The predicted molar refractivity (Wildman–Crippen MR) is 69.8 cm³/mol. The topological polar surface area (TPSA) is 42.1 Å². The van der Waals surface area contributed by atoms with Crippen LogP contribution >= 0.6 is 0 Å². The molecule has 1 aromatic rings. The van der Waals surface area contributed by atoms with Crippen LogP contribution in [0.4, 0.5) is 0 Å². The van der Waals surface area contributed by atoms with Crippen LogP contribution in [0.2, 0.25) is 0 Å². The normalized spacial score (nSPS) is 27.1. The van der Waals surface area contributed by atoms with Crippen LogP contribution in [0.5, 0.6) is 0 Å². The van der Waals surface area contributed by atoms with Gasteiger partial charge in [-0.3, -0.25) is 0 Å². The summed E-state index contributed by atoms with van der Waals surface area (Å²) in [7, 11) is 0. The Kier molecular flexibility index (Phi) is 2.40. The number of allylic oxidation sites excluding steroid dienone is 2. The smallest absolute Gasteiger partial charge is 0.355 e. The molecule has 1 N–H and O–H groups in total. The van der Waals surface area contributed by atoms with Gasteiger partial charge in [-0.15, -0.1) is 0 Å². The molecule has 18 heavy (non-hydrogen) atoms. The van der Waals surface area contributed by atoms with Gasteiger partial charge in [0.1, 0.15) is 5.69 Å². The Morgan fingerprint density at radius 2 is 2.28 bits per heavy atom. The highest BCUT2D eigenvalue weighted by molar-refractivity contribution is 5.90. The van der Waals surface area contributed by atoms with Crippen LogP contribution in [0.25, 0.3) is 0 Å². The van der Waals surface area contributed by atoms with Gasteiger partial charge in [-0.1, -0.05) is 26.0 Å². The minimum atomic E-state index is -0.226. The average molecular weight is 245 g/mol. The number of aromatic amines is 1. The standard InChI is InChI=1S/C15H19NO2/c1-4-18-14(17)13-12-10(8-16-13)9-5-6-11(12)15(2,3)7-9/h5-6,8-9,11,16H,4,7H2,1-3H3. The third-order valence-corrected chi connectivity index (χ3v) is 4.27. The molecule has 0 saturated carbocycles. The summed E-state index contributed by atoms with van der Waals surface area (Å²) < 4.78 is 5.13. The van der Waals surface area contributed by atoms with Crippen LogP contribution in [0.3, 0.4) is 0 Å². The number of hydrogen-bond donors (Lipinski definition) is 1. The van der Waals surface area contributed by atoms with Crippen molar-refractivity contribution in [1.82, 2.24) is 4.98 Å². The van der Waals surface area contributed by atoms with Crippen LogP contribution in [-0.2, 0) is 4.74 Å². The van der Waals surface area contributed by atoms with Gasteiger partial charge in [0, 0.05) is 18.0 Å². The van der Waals surface area contributed by atoms with Crippen molar-refractivity contribution in [1.29, 1.82) is 0 Å². The van der Waals surface area contributed by atoms with Gasteiger partial charge in [0.05, 0.1) is 6.61 Å². The fraction of sp³-hybridized carbons (Fsp3) is 0.533. The van der Waals surface area contributed by atoms with Crippen molar-refractivity contribution >= 4 is 5.97 Å². The van der Waals surface area contributed by atoms with E-state index in [1.165, 1.54) is 5.56 Å². The molecule has 3 aliphatic rings. The van der Waals surface area contributed by atoms with E-state index in [4.69, 9.17) is 4.74 Å². The summed E-state index contributed by atoms with van der Waals surface area (Å²) in [6.45, 7) is 6.81. The highest BCUT2D eigenvalue weighted by atomic mass is 16.5. The second kappa shape index (κ2) is 3.74. The van der Waals surface area contributed by atoms with Gasteiger partial charge in [-0.25, -0.2) is 4.79 Å². The zero-order chi connectivity index (χ0) is 12.9. The molecular weight excluding hydrogens is 226 g/mol. The highest BCUT2D eigenvalue weighted by Gasteiger charge is 2.44. The molecule has 0 saturated heterocycles. The average Bonchev–Trinajstić information content (AvgIpc) is 2.74. The van der Waals surface area contributed by atoms with Gasteiger partial charge in [-0.2, -0.15) is 0 Å². The van der Waals surface area contributed by atoms with Gasteiger partial charge >= 0.3 is 5.97 Å². The summed E-state index contributed by atoms with van der Waals surface area (Å²) >= 11 is 0. The van der Waals surface area contributed by atoms with E-state index in [-0.39, 0.29) is 11.4 Å². The third kappa shape index (κ3) is 1.46. The first-order valence-electron chi connectivity index (χ1n) is 6.61. The monoisotopic (exact) mass is 245 g/mol. The molecule has 2 atom stereocenters. The quantitative estimate of drug-likeness (QED) is 0.641. The van der Waals surface area contributed by atoms with Crippen LogP contribution in [0.1, 0.15) is 60.6 Å². The van der Waals surface area contributed by atoms with Crippen molar-refractivity contribution in [2.75, 3.05) is 6.61 Å². The number of rotatable bonds is 2. The highest BCUT2D eigenvalue weighted by Crippen LogP contribution is 2.55. The Hall–Kier alpha value is -1.51. The second-order valence-electron chi connectivity index (χ2n) is 5.91. The minimum Gasteiger partial charge on any atom is -0.461 e. The predicted octanol–water partition coefficient (Wildman–Crippen LogP) is 3.36. The number of carbonyl (C=O) groups excluding carboxylic acids is 1. The van der Waals surface area contributed by atoms with Crippen molar-refractivity contribution in [3.8, 4) is 0 Å². The molecule has 0 aliphatic heterocycles. The van der Waals surface area contributed by atoms with Crippen LogP contribution in [-0.4, -0.2) is 17.6 Å². The number of ether oxygens (including phenoxy) is 1. The Labute approximate surface area is 107 Å². The molecule has 0 fully saturated rings. The summed E-state index contributed by atoms with van der Waals surface area (Å²) in [6.07, 6.45) is 7.67. The lowest BCUT2D eigenvalue weighted by atomic mass is 9.59. The van der Waals surface area contributed by atoms with Gasteiger partial charge < -0.3 is 9.72 Å². The Morgan fingerprint density at radius 3 is 2.94 bits per heavy atom. The van der Waals surface area contributed by atoms with Gasteiger partial charge in [0.15, 0.2) is 0 Å². The molecule has 3 nitrogen and oxygen atoms in total. The first-order chi connectivity index (χ1) is 8.54. The molecule has 0 amide bonds. The molecule has 2 unspecified atom stereocenters. The maximum absolute atomic E-state index is 12.0. The maximum atomic E-state index is 12.0. The van der Waals surface area contributed by atoms with Gasteiger partial charge in [-0.05, 0) is 29.9 Å². The largest absolute Gasteiger partial charge is 0.461 e. The van der Waals surface area contributed by atoms with E-state index < -0.39 is 0 Å². The number of nitrogens with one attached hydrogen (secondary N) is 1. The number of esters is 1. The van der Waals surface area contributed by atoms with Crippen molar-refractivity contribution < 1.29 is 9.53 Å². The molecule has 96 valence electrons. The summed E-state index contributed by atoms with van der Waals surface area (Å²) in [5.74, 6) is 0.540. The molecule has 3 heteroatoms. The van der Waals surface area contributed by atoms with E-state index in [2.05, 4.69) is 31.0 Å². The minimum absolute atomic E-state index is 0.218. The van der Waals surface area contributed by atoms with E-state index in [1.54, 1.807) is 0 Å². The maximum Gasteiger partial charge on any atom is 0.355 e. The molecule has 0 spiro atoms. The molecule has 4 rings (SSSR count). The van der Waals surface area contributed by atoms with Crippen LogP contribution in [0.15, 0.2) is 18.3 Å². The summed E-state index contributed by atoms with van der Waals surface area (Å²) in [5.41, 5.74) is 3.32. The lowest BCUT2D eigenvalue weighted by Crippen LogP contribution is -2.33. The van der Waals surface area contributed by atoms with Crippen molar-refractivity contribution in [2.24, 2.45) is 5.41 Å². The van der Waals surface area contributed by atoms with Gasteiger partial charge in [0.25, 0.3) is 0 Å². The van der Waals surface area contributed by atoms with E-state index >= 15 is 0 Å². The molecule has 0 radical (unpaired) electrons. The fourth-order valence-corrected chi connectivity index (χ4v) is 3.43. The molecule has 1 aromatic heterocycles. The number of hydrogen-bond acceptors (Lipinski definition) is 2. The van der Waals surface area contributed by atoms with E-state index in [1.807, 2.05) is 13.1 Å². The summed E-state index contributed by atoms with van der Waals surface area (Å²) in [6, 6.07) is 0. The van der Waals surface area contributed by atoms with E-state index in [0.29, 0.717) is 24.1 Å². The summed E-state index contributed by atoms with van der Waals surface area (Å²) in [5, 5.41) is 0. The first-order valence-corrected chi connectivity index (χ1v) is 6.61. The van der Waals surface area contributed by atoms with Crippen molar-refractivity contribution in [2.45, 2.75) is 39.0 Å². The Balaban J connectivity index is 2.08. The van der Waals surface area contributed by atoms with Crippen LogP contribution in [0, 0.1) is 5.41 Å². The number of fused-ring (bicyclic) bond motifs is 1. The lowest BCUT2D eigenvalue weighted by molar-refractivity contribution is 0.0517. The first kappa shape index (κ1) is 11.6. The number of aromatic nitrogens is 1. The van der Waals surface area contributed by atoms with E-state index in [0.717, 1.165) is 12.0 Å². The lowest BCUT2D eigenvalue weighted by Gasteiger charge is -2.44. The van der Waals surface area contributed by atoms with Gasteiger partial charge in [0.2, 0.25) is 0 Å². The van der Waals surface area contributed by atoms with Crippen LogP contribution < -0.4 is 0 Å².